The maximum Gasteiger partial charge on any atom is 0.126 e. The van der Waals surface area contributed by atoms with Gasteiger partial charge in [0.1, 0.15) is 10.8 Å². The molecule has 17 heavy (non-hydrogen) atoms. The lowest BCUT2D eigenvalue weighted by Gasteiger charge is -2.07. The molecule has 2 heterocycles. The first-order valence-electron chi connectivity index (χ1n) is 5.61. The van der Waals surface area contributed by atoms with E-state index in [0.29, 0.717) is 5.92 Å². The summed E-state index contributed by atoms with van der Waals surface area (Å²) in [7, 11) is 0. The second-order valence-electron chi connectivity index (χ2n) is 4.12. The molecule has 0 aromatic carbocycles. The van der Waals surface area contributed by atoms with Crippen LogP contribution in [0.5, 0.6) is 0 Å². The molecule has 3 nitrogen and oxygen atoms in total. The summed E-state index contributed by atoms with van der Waals surface area (Å²) in [6.45, 7) is 0.746. The Kier molecular flexibility index (Phi) is 3.11. The summed E-state index contributed by atoms with van der Waals surface area (Å²) in [4.78, 5) is 8.89. The highest BCUT2D eigenvalue weighted by Gasteiger charge is 2.27. The van der Waals surface area contributed by atoms with E-state index in [-0.39, 0.29) is 0 Å². The number of nitrogens with zero attached hydrogens (tertiary/aromatic N) is 2. The summed E-state index contributed by atoms with van der Waals surface area (Å²) in [5.41, 5.74) is 1.19. The summed E-state index contributed by atoms with van der Waals surface area (Å²) < 4.78 is 1.12. The number of anilines is 1. The van der Waals surface area contributed by atoms with Crippen molar-refractivity contribution in [1.29, 1.82) is 0 Å². The van der Waals surface area contributed by atoms with Crippen molar-refractivity contribution in [2.24, 2.45) is 0 Å². The van der Waals surface area contributed by atoms with Crippen LogP contribution in [0.25, 0.3) is 0 Å². The fourth-order valence-electron chi connectivity index (χ4n) is 1.71. The summed E-state index contributed by atoms with van der Waals surface area (Å²) in [6, 6.07) is 4.08. The van der Waals surface area contributed by atoms with E-state index in [2.05, 4.69) is 37.3 Å². The van der Waals surface area contributed by atoms with Crippen LogP contribution in [-0.2, 0) is 6.54 Å². The van der Waals surface area contributed by atoms with E-state index >= 15 is 0 Å². The molecule has 1 fully saturated rings. The molecule has 0 bridgehead atoms. The molecule has 3 rings (SSSR count). The lowest BCUT2D eigenvalue weighted by atomic mass is 10.2. The van der Waals surface area contributed by atoms with E-state index < -0.39 is 0 Å². The van der Waals surface area contributed by atoms with Gasteiger partial charge in [0.25, 0.3) is 0 Å². The maximum absolute atomic E-state index is 4.65. The Bertz CT molecular complexity index is 508. The number of aromatic nitrogens is 2. The molecular formula is C12H12BrN3S. The summed E-state index contributed by atoms with van der Waals surface area (Å²) in [6.07, 6.45) is 4.36. The largest absolute Gasteiger partial charge is 0.364 e. The van der Waals surface area contributed by atoms with Gasteiger partial charge in [-0.2, -0.15) is 0 Å². The number of pyridine rings is 1. The van der Waals surface area contributed by atoms with Gasteiger partial charge < -0.3 is 5.32 Å². The average molecular weight is 310 g/mol. The molecule has 1 saturated carbocycles. The van der Waals surface area contributed by atoms with E-state index in [1.54, 1.807) is 11.3 Å². The molecular weight excluding hydrogens is 298 g/mol. The van der Waals surface area contributed by atoms with Gasteiger partial charge in [-0.3, -0.25) is 0 Å². The highest BCUT2D eigenvalue weighted by molar-refractivity contribution is 9.10. The Balaban J connectivity index is 1.72. The molecule has 2 aromatic heterocycles. The molecule has 1 N–H and O–H groups in total. The predicted molar refractivity (Wildman–Crippen MR) is 73.4 cm³/mol. The second kappa shape index (κ2) is 4.74. The van der Waals surface area contributed by atoms with Gasteiger partial charge in [0.05, 0.1) is 12.2 Å². The Morgan fingerprint density at radius 3 is 3.00 bits per heavy atom. The van der Waals surface area contributed by atoms with Gasteiger partial charge in [-0.1, -0.05) is 0 Å². The molecule has 2 aromatic rings. The quantitative estimate of drug-likeness (QED) is 0.933. The molecule has 5 heteroatoms. The van der Waals surface area contributed by atoms with Gasteiger partial charge in [-0.25, -0.2) is 9.97 Å². The van der Waals surface area contributed by atoms with Crippen molar-refractivity contribution in [3.8, 4) is 0 Å². The first-order valence-corrected chi connectivity index (χ1v) is 7.29. The maximum atomic E-state index is 4.65. The minimum atomic E-state index is 0.658. The summed E-state index contributed by atoms with van der Waals surface area (Å²) in [5, 5.41) is 6.39. The number of hydrogen-bond acceptors (Lipinski definition) is 4. The van der Waals surface area contributed by atoms with Crippen LogP contribution in [0.15, 0.2) is 28.2 Å². The van der Waals surface area contributed by atoms with Gasteiger partial charge in [-0.05, 0) is 40.9 Å². The van der Waals surface area contributed by atoms with Gasteiger partial charge in [-0.15, -0.1) is 11.3 Å². The van der Waals surface area contributed by atoms with E-state index in [9.17, 15) is 0 Å². The van der Waals surface area contributed by atoms with E-state index in [1.807, 2.05) is 17.6 Å². The van der Waals surface area contributed by atoms with Crippen molar-refractivity contribution in [1.82, 2.24) is 9.97 Å². The Hall–Kier alpha value is -0.940. The zero-order valence-corrected chi connectivity index (χ0v) is 11.6. The number of nitrogens with one attached hydrogen (secondary N) is 1. The van der Waals surface area contributed by atoms with Gasteiger partial charge in [0, 0.05) is 22.0 Å². The number of thiazole rings is 1. The molecule has 88 valence electrons. The van der Waals surface area contributed by atoms with Crippen LogP contribution in [0.1, 0.15) is 29.5 Å². The number of hydrogen-bond donors (Lipinski definition) is 1. The fraction of sp³-hybridized carbons (Fsp3) is 0.333. The minimum Gasteiger partial charge on any atom is -0.364 e. The fourth-order valence-corrected chi connectivity index (χ4v) is 2.81. The van der Waals surface area contributed by atoms with E-state index in [1.165, 1.54) is 18.5 Å². The van der Waals surface area contributed by atoms with Crippen LogP contribution in [0.3, 0.4) is 0 Å². The van der Waals surface area contributed by atoms with E-state index in [4.69, 9.17) is 0 Å². The van der Waals surface area contributed by atoms with Crippen LogP contribution in [0.4, 0.5) is 5.82 Å². The Labute approximate surface area is 112 Å². The number of halogens is 1. The smallest absolute Gasteiger partial charge is 0.126 e. The average Bonchev–Trinajstić information content (AvgIpc) is 3.05. The first kappa shape index (κ1) is 11.2. The van der Waals surface area contributed by atoms with Crippen molar-refractivity contribution in [3.05, 3.63) is 38.9 Å². The van der Waals surface area contributed by atoms with Crippen molar-refractivity contribution in [2.45, 2.75) is 25.3 Å². The molecule has 1 aliphatic rings. The van der Waals surface area contributed by atoms with Crippen LogP contribution in [0, 0.1) is 0 Å². The monoisotopic (exact) mass is 309 g/mol. The summed E-state index contributed by atoms with van der Waals surface area (Å²) >= 11 is 5.22. The molecule has 0 atom stereocenters. The van der Waals surface area contributed by atoms with Crippen molar-refractivity contribution < 1.29 is 0 Å². The van der Waals surface area contributed by atoms with Gasteiger partial charge in [0.15, 0.2) is 0 Å². The minimum absolute atomic E-state index is 0.658. The molecule has 0 aliphatic heterocycles. The predicted octanol–water partition coefficient (Wildman–Crippen LogP) is 3.79. The van der Waals surface area contributed by atoms with Crippen LogP contribution in [0.2, 0.25) is 0 Å². The third kappa shape index (κ3) is 2.66. The van der Waals surface area contributed by atoms with Gasteiger partial charge in [0.2, 0.25) is 0 Å². The molecule has 0 unspecified atom stereocenters. The Morgan fingerprint density at radius 1 is 1.41 bits per heavy atom. The topological polar surface area (TPSA) is 37.8 Å². The van der Waals surface area contributed by atoms with Gasteiger partial charge >= 0.3 is 0 Å². The zero-order chi connectivity index (χ0) is 11.7. The SMILES string of the molecule is Brc1ccc(NCc2nccs2)nc1C1CC1. The molecule has 0 saturated heterocycles. The van der Waals surface area contributed by atoms with Crippen LogP contribution < -0.4 is 5.32 Å². The highest BCUT2D eigenvalue weighted by atomic mass is 79.9. The standard InChI is InChI=1S/C12H12BrN3S/c13-9-3-4-10(16-12(9)8-1-2-8)15-7-11-14-5-6-17-11/h3-6,8H,1-2,7H2,(H,15,16). The Morgan fingerprint density at radius 2 is 2.29 bits per heavy atom. The lowest BCUT2D eigenvalue weighted by Crippen LogP contribution is -2.02. The van der Waals surface area contributed by atoms with Crippen molar-refractivity contribution in [2.75, 3.05) is 5.32 Å². The highest BCUT2D eigenvalue weighted by Crippen LogP contribution is 2.42. The lowest BCUT2D eigenvalue weighted by molar-refractivity contribution is 0.991. The molecule has 0 spiro atoms. The zero-order valence-electron chi connectivity index (χ0n) is 9.19. The second-order valence-corrected chi connectivity index (χ2v) is 5.95. The molecule has 0 radical (unpaired) electrons. The van der Waals surface area contributed by atoms with Crippen molar-refractivity contribution >= 4 is 33.1 Å². The molecule has 1 aliphatic carbocycles. The molecule has 0 amide bonds. The van der Waals surface area contributed by atoms with E-state index in [0.717, 1.165) is 21.8 Å². The van der Waals surface area contributed by atoms with Crippen LogP contribution >= 0.6 is 27.3 Å². The number of rotatable bonds is 4. The summed E-state index contributed by atoms with van der Waals surface area (Å²) in [5.74, 6) is 1.59. The third-order valence-corrected chi connectivity index (χ3v) is 4.19. The first-order chi connectivity index (χ1) is 8.33. The normalized spacial score (nSPS) is 14.9. The van der Waals surface area contributed by atoms with Crippen LogP contribution in [-0.4, -0.2) is 9.97 Å². The van der Waals surface area contributed by atoms with Crippen molar-refractivity contribution in [3.63, 3.8) is 0 Å². The third-order valence-electron chi connectivity index (χ3n) is 2.74.